The number of fused-ring (bicyclic) bond motifs is 3. The van der Waals surface area contributed by atoms with Gasteiger partial charge in [-0.1, -0.05) is 6.42 Å². The molecule has 3 aromatic heterocycles. The Balaban J connectivity index is 1.50. The Labute approximate surface area is 178 Å². The number of rotatable bonds is 3. The number of aryl methyl sites for hydroxylation is 1. The van der Waals surface area contributed by atoms with Crippen molar-refractivity contribution in [1.82, 2.24) is 9.88 Å². The fourth-order valence-electron chi connectivity index (χ4n) is 4.57. The minimum atomic E-state index is -0.440. The van der Waals surface area contributed by atoms with E-state index in [1.165, 1.54) is 25.3 Å². The maximum atomic E-state index is 12.3. The Morgan fingerprint density at radius 2 is 1.77 bits per heavy atom. The van der Waals surface area contributed by atoms with Crippen LogP contribution in [0.1, 0.15) is 30.5 Å². The fraction of sp³-hybridized carbons (Fsp3) is 0.333. The third-order valence-corrected chi connectivity index (χ3v) is 6.17. The molecule has 0 unspecified atom stereocenters. The Hall–Kier alpha value is -3.32. The second-order valence-corrected chi connectivity index (χ2v) is 8.24. The molecule has 4 aromatic rings. The number of hydrogen-bond donors (Lipinski definition) is 0. The lowest BCUT2D eigenvalue weighted by atomic mass is 10.1. The molecule has 0 bridgehead atoms. The van der Waals surface area contributed by atoms with Gasteiger partial charge < -0.3 is 18.3 Å². The summed E-state index contributed by atoms with van der Waals surface area (Å²) in [6.45, 7) is 5.16. The van der Waals surface area contributed by atoms with Gasteiger partial charge in [0.15, 0.2) is 17.1 Å². The molecule has 0 saturated carbocycles. The van der Waals surface area contributed by atoms with Crippen molar-refractivity contribution in [2.75, 3.05) is 19.9 Å². The van der Waals surface area contributed by atoms with Crippen molar-refractivity contribution in [3.05, 3.63) is 52.1 Å². The van der Waals surface area contributed by atoms with Gasteiger partial charge in [-0.3, -0.25) is 9.88 Å². The summed E-state index contributed by atoms with van der Waals surface area (Å²) in [5.41, 5.74) is 3.40. The Morgan fingerprint density at radius 3 is 2.61 bits per heavy atom. The SMILES string of the molecule is Cc1ncc(CN2CCCCC2)c2cc(-c3cc(=O)oc4cc5c(cc34)OCO5)oc12. The average molecular weight is 418 g/mol. The first-order valence-electron chi connectivity index (χ1n) is 10.6. The predicted molar refractivity (Wildman–Crippen MR) is 115 cm³/mol. The Kier molecular flexibility index (Phi) is 4.24. The lowest BCUT2D eigenvalue weighted by molar-refractivity contribution is 0.174. The highest BCUT2D eigenvalue weighted by Crippen LogP contribution is 2.40. The van der Waals surface area contributed by atoms with Crippen molar-refractivity contribution >= 4 is 21.9 Å². The summed E-state index contributed by atoms with van der Waals surface area (Å²) in [6, 6.07) is 7.01. The molecule has 1 aromatic carbocycles. The molecule has 0 aliphatic carbocycles. The van der Waals surface area contributed by atoms with E-state index in [2.05, 4.69) is 9.88 Å². The van der Waals surface area contributed by atoms with Crippen LogP contribution in [0.5, 0.6) is 11.5 Å². The summed E-state index contributed by atoms with van der Waals surface area (Å²) in [7, 11) is 0. The molecule has 7 nitrogen and oxygen atoms in total. The van der Waals surface area contributed by atoms with E-state index in [0.717, 1.165) is 47.2 Å². The standard InChI is InChI=1S/C24H22N2O5/c1-14-24-16(15(11-25-14)12-26-5-3-2-4-6-26)7-19(31-24)18-9-23(27)30-20-10-22-21(8-17(18)20)28-13-29-22/h7-11H,2-6,12-13H2,1H3. The minimum absolute atomic E-state index is 0.153. The number of aromatic nitrogens is 1. The van der Waals surface area contributed by atoms with Crippen LogP contribution in [0.4, 0.5) is 0 Å². The Bertz CT molecular complexity index is 1360. The van der Waals surface area contributed by atoms with Crippen LogP contribution in [0.25, 0.3) is 33.3 Å². The maximum Gasteiger partial charge on any atom is 0.336 e. The predicted octanol–water partition coefficient (Wildman–Crippen LogP) is 4.62. The monoisotopic (exact) mass is 418 g/mol. The highest BCUT2D eigenvalue weighted by molar-refractivity contribution is 5.97. The summed E-state index contributed by atoms with van der Waals surface area (Å²) in [4.78, 5) is 19.3. The van der Waals surface area contributed by atoms with Crippen LogP contribution in [0.2, 0.25) is 0 Å². The number of benzene rings is 1. The second kappa shape index (κ2) is 7.13. The molecular formula is C24H22N2O5. The lowest BCUT2D eigenvalue weighted by Gasteiger charge is -2.26. The van der Waals surface area contributed by atoms with Crippen LogP contribution in [0, 0.1) is 6.92 Å². The molecule has 158 valence electrons. The molecule has 0 N–H and O–H groups in total. The number of ether oxygens (including phenoxy) is 2. The first-order chi connectivity index (χ1) is 15.2. The van der Waals surface area contributed by atoms with Crippen LogP contribution in [-0.4, -0.2) is 29.8 Å². The van der Waals surface area contributed by atoms with E-state index in [1.807, 2.05) is 25.3 Å². The van der Waals surface area contributed by atoms with E-state index in [9.17, 15) is 4.79 Å². The normalized spacial score (nSPS) is 16.4. The van der Waals surface area contributed by atoms with Crippen LogP contribution >= 0.6 is 0 Å². The third-order valence-electron chi connectivity index (χ3n) is 6.17. The van der Waals surface area contributed by atoms with E-state index < -0.39 is 5.63 Å². The molecule has 2 aliphatic rings. The number of likely N-dealkylation sites (tertiary alicyclic amines) is 1. The van der Waals surface area contributed by atoms with Gasteiger partial charge in [-0.2, -0.15) is 0 Å². The molecular weight excluding hydrogens is 396 g/mol. The maximum absolute atomic E-state index is 12.3. The van der Waals surface area contributed by atoms with Crippen molar-refractivity contribution in [2.24, 2.45) is 0 Å². The largest absolute Gasteiger partial charge is 0.454 e. The van der Waals surface area contributed by atoms with Crippen molar-refractivity contribution in [2.45, 2.75) is 32.7 Å². The molecule has 5 heterocycles. The smallest absolute Gasteiger partial charge is 0.336 e. The molecule has 1 fully saturated rings. The zero-order chi connectivity index (χ0) is 20.9. The molecule has 2 aliphatic heterocycles. The van der Waals surface area contributed by atoms with Gasteiger partial charge in [0.2, 0.25) is 6.79 Å². The molecule has 31 heavy (non-hydrogen) atoms. The zero-order valence-electron chi connectivity index (χ0n) is 17.3. The van der Waals surface area contributed by atoms with Crippen LogP contribution in [0.15, 0.2) is 44.1 Å². The van der Waals surface area contributed by atoms with Gasteiger partial charge in [-0.15, -0.1) is 0 Å². The molecule has 0 radical (unpaired) electrons. The van der Waals surface area contributed by atoms with Gasteiger partial charge in [0.05, 0.1) is 5.69 Å². The van der Waals surface area contributed by atoms with Crippen molar-refractivity contribution in [3.8, 4) is 22.8 Å². The second-order valence-electron chi connectivity index (χ2n) is 8.24. The van der Waals surface area contributed by atoms with E-state index in [0.29, 0.717) is 28.4 Å². The van der Waals surface area contributed by atoms with Gasteiger partial charge >= 0.3 is 5.63 Å². The quantitative estimate of drug-likeness (QED) is 0.449. The number of hydrogen-bond acceptors (Lipinski definition) is 7. The summed E-state index contributed by atoms with van der Waals surface area (Å²) < 4.78 is 22.6. The van der Waals surface area contributed by atoms with Crippen molar-refractivity contribution in [3.63, 3.8) is 0 Å². The number of nitrogens with zero attached hydrogens (tertiary/aromatic N) is 2. The number of furan rings is 1. The number of pyridine rings is 1. The zero-order valence-corrected chi connectivity index (χ0v) is 17.3. The van der Waals surface area contributed by atoms with Gasteiger partial charge in [-0.05, 0) is 50.6 Å². The van der Waals surface area contributed by atoms with Crippen LogP contribution < -0.4 is 15.1 Å². The van der Waals surface area contributed by atoms with Gasteiger partial charge in [-0.25, -0.2) is 4.79 Å². The lowest BCUT2D eigenvalue weighted by Crippen LogP contribution is -2.29. The van der Waals surface area contributed by atoms with Crippen molar-refractivity contribution < 1.29 is 18.3 Å². The number of piperidine rings is 1. The minimum Gasteiger partial charge on any atom is -0.454 e. The van der Waals surface area contributed by atoms with Crippen LogP contribution in [0.3, 0.4) is 0 Å². The third kappa shape index (κ3) is 3.16. The molecule has 0 spiro atoms. The topological polar surface area (TPSA) is 77.9 Å². The summed E-state index contributed by atoms with van der Waals surface area (Å²) in [5, 5.41) is 1.78. The highest BCUT2D eigenvalue weighted by atomic mass is 16.7. The Morgan fingerprint density at radius 1 is 0.968 bits per heavy atom. The van der Waals surface area contributed by atoms with Crippen molar-refractivity contribution in [1.29, 1.82) is 0 Å². The molecule has 1 saturated heterocycles. The summed E-state index contributed by atoms with van der Waals surface area (Å²) in [6.07, 6.45) is 5.72. The van der Waals surface area contributed by atoms with E-state index in [1.54, 1.807) is 6.07 Å². The molecule has 7 heteroatoms. The molecule has 6 rings (SSSR count). The fourth-order valence-corrected chi connectivity index (χ4v) is 4.57. The van der Waals surface area contributed by atoms with Gasteiger partial charge in [0.1, 0.15) is 11.3 Å². The summed E-state index contributed by atoms with van der Waals surface area (Å²) >= 11 is 0. The average Bonchev–Trinajstić information content (AvgIpc) is 3.42. The first-order valence-corrected chi connectivity index (χ1v) is 10.6. The van der Waals surface area contributed by atoms with E-state index >= 15 is 0 Å². The van der Waals surface area contributed by atoms with Gasteiger partial charge in [0, 0.05) is 41.2 Å². The highest BCUT2D eigenvalue weighted by Gasteiger charge is 2.21. The summed E-state index contributed by atoms with van der Waals surface area (Å²) in [5.74, 6) is 1.81. The van der Waals surface area contributed by atoms with E-state index in [4.69, 9.17) is 18.3 Å². The first kappa shape index (κ1) is 18.4. The molecule has 0 atom stereocenters. The van der Waals surface area contributed by atoms with Crippen LogP contribution in [-0.2, 0) is 6.54 Å². The molecule has 0 amide bonds. The van der Waals surface area contributed by atoms with Gasteiger partial charge in [0.25, 0.3) is 0 Å². The van der Waals surface area contributed by atoms with E-state index in [-0.39, 0.29) is 6.79 Å².